The molecule has 1 amide bonds. The molecule has 4 heteroatoms. The van der Waals surface area contributed by atoms with Crippen LogP contribution in [0.25, 0.3) is 0 Å². The molecule has 94 valence electrons. The molecule has 16 heavy (non-hydrogen) atoms. The van der Waals surface area contributed by atoms with Crippen molar-refractivity contribution in [3.05, 3.63) is 0 Å². The van der Waals surface area contributed by atoms with Crippen molar-refractivity contribution in [1.29, 1.82) is 0 Å². The SMILES string of the molecule is CCOCCOC(=O)NCC1CCCCC1. The van der Waals surface area contributed by atoms with Crippen molar-refractivity contribution in [1.82, 2.24) is 5.32 Å². The zero-order valence-electron chi connectivity index (χ0n) is 10.2. The summed E-state index contributed by atoms with van der Waals surface area (Å²) >= 11 is 0. The van der Waals surface area contributed by atoms with Gasteiger partial charge in [0.15, 0.2) is 0 Å². The van der Waals surface area contributed by atoms with Gasteiger partial charge in [-0.15, -0.1) is 0 Å². The van der Waals surface area contributed by atoms with Gasteiger partial charge in [-0.05, 0) is 25.7 Å². The lowest BCUT2D eigenvalue weighted by molar-refractivity contribution is 0.0780. The molecule has 1 N–H and O–H groups in total. The van der Waals surface area contributed by atoms with Gasteiger partial charge in [0.1, 0.15) is 6.61 Å². The van der Waals surface area contributed by atoms with E-state index in [9.17, 15) is 4.79 Å². The van der Waals surface area contributed by atoms with Crippen LogP contribution in [0.5, 0.6) is 0 Å². The summed E-state index contributed by atoms with van der Waals surface area (Å²) in [6, 6.07) is 0. The molecule has 0 saturated heterocycles. The van der Waals surface area contributed by atoms with E-state index in [1.54, 1.807) is 0 Å². The molecule has 0 aromatic rings. The van der Waals surface area contributed by atoms with Crippen molar-refractivity contribution in [2.45, 2.75) is 39.0 Å². The molecule has 0 aliphatic heterocycles. The van der Waals surface area contributed by atoms with Gasteiger partial charge in [0, 0.05) is 13.2 Å². The summed E-state index contributed by atoms with van der Waals surface area (Å²) in [5, 5.41) is 2.81. The molecular formula is C12H23NO3. The molecule has 0 spiro atoms. The first kappa shape index (κ1) is 13.3. The van der Waals surface area contributed by atoms with Crippen LogP contribution >= 0.6 is 0 Å². The van der Waals surface area contributed by atoms with Crippen LogP contribution < -0.4 is 5.32 Å². The predicted octanol–water partition coefficient (Wildman–Crippen LogP) is 2.33. The lowest BCUT2D eigenvalue weighted by Gasteiger charge is -2.21. The monoisotopic (exact) mass is 229 g/mol. The Bertz CT molecular complexity index is 191. The van der Waals surface area contributed by atoms with Crippen LogP contribution in [0.15, 0.2) is 0 Å². The molecule has 0 radical (unpaired) electrons. The number of alkyl carbamates (subject to hydrolysis) is 1. The summed E-state index contributed by atoms with van der Waals surface area (Å²) < 4.78 is 10.0. The Morgan fingerprint density at radius 3 is 2.69 bits per heavy atom. The zero-order valence-corrected chi connectivity index (χ0v) is 10.2. The first-order chi connectivity index (χ1) is 7.83. The minimum atomic E-state index is -0.315. The highest BCUT2D eigenvalue weighted by Crippen LogP contribution is 2.22. The number of ether oxygens (including phenoxy) is 2. The second kappa shape index (κ2) is 8.39. The van der Waals surface area contributed by atoms with Gasteiger partial charge in [-0.2, -0.15) is 0 Å². The summed E-state index contributed by atoms with van der Waals surface area (Å²) in [5.41, 5.74) is 0. The fourth-order valence-corrected chi connectivity index (χ4v) is 2.01. The van der Waals surface area contributed by atoms with Gasteiger partial charge in [0.05, 0.1) is 6.61 Å². The van der Waals surface area contributed by atoms with Crippen molar-refractivity contribution in [2.24, 2.45) is 5.92 Å². The van der Waals surface area contributed by atoms with Crippen molar-refractivity contribution < 1.29 is 14.3 Å². The molecule has 1 saturated carbocycles. The molecular weight excluding hydrogens is 206 g/mol. The lowest BCUT2D eigenvalue weighted by Crippen LogP contribution is -2.31. The van der Waals surface area contributed by atoms with Gasteiger partial charge in [0.25, 0.3) is 0 Å². The van der Waals surface area contributed by atoms with E-state index in [1.807, 2.05) is 6.92 Å². The molecule has 1 aliphatic carbocycles. The first-order valence-electron chi connectivity index (χ1n) is 6.31. The number of amides is 1. The maximum Gasteiger partial charge on any atom is 0.407 e. The zero-order chi connectivity index (χ0) is 11.6. The molecule has 0 unspecified atom stereocenters. The molecule has 0 aromatic carbocycles. The molecule has 0 bridgehead atoms. The molecule has 0 atom stereocenters. The third-order valence-electron chi connectivity index (χ3n) is 2.92. The van der Waals surface area contributed by atoms with Crippen LogP contribution in [0.1, 0.15) is 39.0 Å². The van der Waals surface area contributed by atoms with Crippen LogP contribution in [0.4, 0.5) is 4.79 Å². The molecule has 1 fully saturated rings. The van der Waals surface area contributed by atoms with Crippen molar-refractivity contribution >= 4 is 6.09 Å². The number of hydrogen-bond acceptors (Lipinski definition) is 3. The lowest BCUT2D eigenvalue weighted by atomic mass is 9.89. The van der Waals surface area contributed by atoms with Crippen molar-refractivity contribution in [3.63, 3.8) is 0 Å². The Morgan fingerprint density at radius 1 is 1.25 bits per heavy atom. The van der Waals surface area contributed by atoms with Gasteiger partial charge in [0.2, 0.25) is 0 Å². The van der Waals surface area contributed by atoms with E-state index in [0.717, 1.165) is 6.54 Å². The summed E-state index contributed by atoms with van der Waals surface area (Å²) in [7, 11) is 0. The molecule has 4 nitrogen and oxygen atoms in total. The third kappa shape index (κ3) is 5.95. The minimum Gasteiger partial charge on any atom is -0.447 e. The molecule has 0 aromatic heterocycles. The minimum absolute atomic E-state index is 0.315. The van der Waals surface area contributed by atoms with E-state index >= 15 is 0 Å². The van der Waals surface area contributed by atoms with Gasteiger partial charge < -0.3 is 14.8 Å². The summed E-state index contributed by atoms with van der Waals surface area (Å²) in [6.07, 6.45) is 6.09. The molecule has 1 rings (SSSR count). The largest absolute Gasteiger partial charge is 0.447 e. The van der Waals surface area contributed by atoms with Crippen LogP contribution in [-0.4, -0.2) is 32.5 Å². The number of nitrogens with one attached hydrogen (secondary N) is 1. The Kier molecular flexibility index (Phi) is 6.97. The van der Waals surface area contributed by atoms with Crippen LogP contribution in [0, 0.1) is 5.92 Å². The van der Waals surface area contributed by atoms with E-state index < -0.39 is 0 Å². The number of carbonyl (C=O) groups is 1. The Morgan fingerprint density at radius 2 is 2.00 bits per heavy atom. The summed E-state index contributed by atoms with van der Waals surface area (Å²) in [5.74, 6) is 0.646. The maximum atomic E-state index is 11.3. The van der Waals surface area contributed by atoms with Crippen LogP contribution in [-0.2, 0) is 9.47 Å². The smallest absolute Gasteiger partial charge is 0.407 e. The van der Waals surface area contributed by atoms with E-state index in [0.29, 0.717) is 25.7 Å². The van der Waals surface area contributed by atoms with Gasteiger partial charge in [-0.1, -0.05) is 19.3 Å². The quantitative estimate of drug-likeness (QED) is 0.711. The Balaban J connectivity index is 1.96. The molecule has 1 aliphatic rings. The predicted molar refractivity (Wildman–Crippen MR) is 62.4 cm³/mol. The molecule has 0 heterocycles. The second-order valence-electron chi connectivity index (χ2n) is 4.22. The van der Waals surface area contributed by atoms with Crippen LogP contribution in [0.3, 0.4) is 0 Å². The highest BCUT2D eigenvalue weighted by Gasteiger charge is 2.14. The average Bonchev–Trinajstić information content (AvgIpc) is 2.33. The summed E-state index contributed by atoms with van der Waals surface area (Å²) in [4.78, 5) is 11.3. The first-order valence-corrected chi connectivity index (χ1v) is 6.31. The van der Waals surface area contributed by atoms with E-state index in [4.69, 9.17) is 9.47 Å². The van der Waals surface area contributed by atoms with Crippen molar-refractivity contribution in [2.75, 3.05) is 26.4 Å². The normalized spacial score (nSPS) is 17.1. The number of carbonyl (C=O) groups excluding carboxylic acids is 1. The van der Waals surface area contributed by atoms with Crippen LogP contribution in [0.2, 0.25) is 0 Å². The number of rotatable bonds is 6. The van der Waals surface area contributed by atoms with E-state index in [1.165, 1.54) is 32.1 Å². The average molecular weight is 229 g/mol. The Labute approximate surface area is 97.7 Å². The summed E-state index contributed by atoms with van der Waals surface area (Å²) in [6.45, 7) is 4.15. The fraction of sp³-hybridized carbons (Fsp3) is 0.917. The fourth-order valence-electron chi connectivity index (χ4n) is 2.01. The third-order valence-corrected chi connectivity index (χ3v) is 2.92. The highest BCUT2D eigenvalue weighted by molar-refractivity contribution is 5.67. The Hall–Kier alpha value is -0.770. The standard InChI is InChI=1S/C12H23NO3/c1-2-15-8-9-16-12(14)13-10-11-6-4-3-5-7-11/h11H,2-10H2,1H3,(H,13,14). The van der Waals surface area contributed by atoms with E-state index in [-0.39, 0.29) is 6.09 Å². The maximum absolute atomic E-state index is 11.3. The van der Waals surface area contributed by atoms with Gasteiger partial charge in [-0.25, -0.2) is 4.79 Å². The van der Waals surface area contributed by atoms with Crippen molar-refractivity contribution in [3.8, 4) is 0 Å². The highest BCUT2D eigenvalue weighted by atomic mass is 16.6. The number of hydrogen-bond donors (Lipinski definition) is 1. The van der Waals surface area contributed by atoms with Gasteiger partial charge in [-0.3, -0.25) is 0 Å². The van der Waals surface area contributed by atoms with E-state index in [2.05, 4.69) is 5.32 Å². The topological polar surface area (TPSA) is 47.6 Å². The second-order valence-corrected chi connectivity index (χ2v) is 4.22. The van der Waals surface area contributed by atoms with Gasteiger partial charge >= 0.3 is 6.09 Å².